The SMILES string of the molecule is CC(=O)N[C@H]1CCCN(C(=O)c2ccc(Br)cc2O)C1. The smallest absolute Gasteiger partial charge is 0.257 e. The number of benzene rings is 1. The van der Waals surface area contributed by atoms with Gasteiger partial charge in [-0.05, 0) is 31.0 Å². The van der Waals surface area contributed by atoms with Crippen LogP contribution < -0.4 is 5.32 Å². The van der Waals surface area contributed by atoms with Crippen LogP contribution in [0.1, 0.15) is 30.1 Å². The Labute approximate surface area is 126 Å². The van der Waals surface area contributed by atoms with Crippen molar-refractivity contribution >= 4 is 27.7 Å². The van der Waals surface area contributed by atoms with Crippen LogP contribution in [0.3, 0.4) is 0 Å². The molecule has 20 heavy (non-hydrogen) atoms. The zero-order valence-corrected chi connectivity index (χ0v) is 12.8. The van der Waals surface area contributed by atoms with E-state index in [-0.39, 0.29) is 29.2 Å². The van der Waals surface area contributed by atoms with E-state index in [9.17, 15) is 14.7 Å². The number of halogens is 1. The number of carbonyl (C=O) groups excluding carboxylic acids is 2. The van der Waals surface area contributed by atoms with Crippen LogP contribution in [0.15, 0.2) is 22.7 Å². The van der Waals surface area contributed by atoms with Crippen molar-refractivity contribution in [3.8, 4) is 5.75 Å². The Hall–Kier alpha value is -1.56. The third-order valence-corrected chi connectivity index (χ3v) is 3.80. The first-order chi connectivity index (χ1) is 9.47. The molecule has 1 aliphatic heterocycles. The summed E-state index contributed by atoms with van der Waals surface area (Å²) in [5.74, 6) is -0.327. The molecular weight excluding hydrogens is 324 g/mol. The third kappa shape index (κ3) is 3.50. The van der Waals surface area contributed by atoms with Crippen molar-refractivity contribution < 1.29 is 14.7 Å². The molecule has 0 spiro atoms. The summed E-state index contributed by atoms with van der Waals surface area (Å²) in [6.07, 6.45) is 1.71. The second-order valence-electron chi connectivity index (χ2n) is 4.95. The Kier molecular flexibility index (Phi) is 4.65. The van der Waals surface area contributed by atoms with Crippen molar-refractivity contribution in [1.29, 1.82) is 0 Å². The number of aromatic hydroxyl groups is 1. The van der Waals surface area contributed by atoms with Crippen molar-refractivity contribution in [3.63, 3.8) is 0 Å². The number of rotatable bonds is 2. The molecule has 0 radical (unpaired) electrons. The first-order valence-electron chi connectivity index (χ1n) is 6.52. The number of phenols is 1. The Morgan fingerprint density at radius 2 is 2.20 bits per heavy atom. The molecule has 2 rings (SSSR count). The minimum absolute atomic E-state index is 0.0113. The molecule has 0 unspecified atom stereocenters. The molecule has 1 fully saturated rings. The van der Waals surface area contributed by atoms with Gasteiger partial charge in [-0.15, -0.1) is 0 Å². The zero-order chi connectivity index (χ0) is 14.7. The summed E-state index contributed by atoms with van der Waals surface area (Å²) in [6.45, 7) is 2.60. The van der Waals surface area contributed by atoms with Crippen LogP contribution in [0.2, 0.25) is 0 Å². The topological polar surface area (TPSA) is 69.6 Å². The van der Waals surface area contributed by atoms with Crippen molar-refractivity contribution in [1.82, 2.24) is 10.2 Å². The number of likely N-dealkylation sites (tertiary alicyclic amines) is 1. The molecule has 108 valence electrons. The summed E-state index contributed by atoms with van der Waals surface area (Å²) in [7, 11) is 0. The lowest BCUT2D eigenvalue weighted by Crippen LogP contribution is -2.49. The molecule has 2 amide bonds. The van der Waals surface area contributed by atoms with Gasteiger partial charge in [-0.3, -0.25) is 9.59 Å². The molecule has 0 aromatic heterocycles. The van der Waals surface area contributed by atoms with Crippen LogP contribution in [-0.2, 0) is 4.79 Å². The van der Waals surface area contributed by atoms with Gasteiger partial charge in [0.25, 0.3) is 5.91 Å². The van der Waals surface area contributed by atoms with E-state index in [0.29, 0.717) is 13.1 Å². The number of phenolic OH excluding ortho intramolecular Hbond substituents is 1. The number of nitrogens with zero attached hydrogens (tertiary/aromatic N) is 1. The number of carbonyl (C=O) groups is 2. The first-order valence-corrected chi connectivity index (χ1v) is 7.31. The highest BCUT2D eigenvalue weighted by Gasteiger charge is 2.26. The molecule has 1 atom stereocenters. The highest BCUT2D eigenvalue weighted by atomic mass is 79.9. The molecule has 1 aromatic rings. The van der Waals surface area contributed by atoms with Gasteiger partial charge in [0.15, 0.2) is 0 Å². The van der Waals surface area contributed by atoms with Crippen molar-refractivity contribution in [2.45, 2.75) is 25.8 Å². The predicted molar refractivity (Wildman–Crippen MR) is 78.5 cm³/mol. The lowest BCUT2D eigenvalue weighted by atomic mass is 10.0. The maximum absolute atomic E-state index is 12.4. The molecular formula is C14H17BrN2O3. The van der Waals surface area contributed by atoms with E-state index in [1.165, 1.54) is 13.0 Å². The standard InChI is InChI=1S/C14H17BrN2O3/c1-9(18)16-11-3-2-6-17(8-11)14(20)12-5-4-10(15)7-13(12)19/h4-5,7,11,19H,2-3,6,8H2,1H3,(H,16,18)/t11-/m0/s1. The summed E-state index contributed by atoms with van der Waals surface area (Å²) >= 11 is 3.25. The maximum atomic E-state index is 12.4. The molecule has 1 saturated heterocycles. The lowest BCUT2D eigenvalue weighted by molar-refractivity contribution is -0.120. The Morgan fingerprint density at radius 1 is 1.45 bits per heavy atom. The van der Waals surface area contributed by atoms with E-state index in [0.717, 1.165) is 17.3 Å². The zero-order valence-electron chi connectivity index (χ0n) is 11.2. The van der Waals surface area contributed by atoms with Gasteiger partial charge in [0.2, 0.25) is 5.91 Å². The van der Waals surface area contributed by atoms with Crippen molar-refractivity contribution in [2.24, 2.45) is 0 Å². The summed E-state index contributed by atoms with van der Waals surface area (Å²) in [4.78, 5) is 25.2. The van der Waals surface area contributed by atoms with E-state index in [1.807, 2.05) is 0 Å². The number of hydrogen-bond donors (Lipinski definition) is 2. The molecule has 1 aromatic carbocycles. The van der Waals surface area contributed by atoms with Gasteiger partial charge in [0, 0.05) is 30.5 Å². The third-order valence-electron chi connectivity index (χ3n) is 3.31. The molecule has 0 aliphatic carbocycles. The van der Waals surface area contributed by atoms with E-state index >= 15 is 0 Å². The van der Waals surface area contributed by atoms with Gasteiger partial charge in [0.1, 0.15) is 5.75 Å². The van der Waals surface area contributed by atoms with E-state index in [4.69, 9.17) is 0 Å². The Morgan fingerprint density at radius 3 is 2.85 bits per heavy atom. The summed E-state index contributed by atoms with van der Waals surface area (Å²) in [5.41, 5.74) is 0.289. The number of nitrogens with one attached hydrogen (secondary N) is 1. The average Bonchev–Trinajstić information content (AvgIpc) is 2.37. The van der Waals surface area contributed by atoms with E-state index in [2.05, 4.69) is 21.2 Å². The van der Waals surface area contributed by atoms with E-state index in [1.54, 1.807) is 17.0 Å². The molecule has 0 bridgehead atoms. The Balaban J connectivity index is 2.10. The Bertz CT molecular complexity index is 533. The molecule has 2 N–H and O–H groups in total. The molecule has 6 heteroatoms. The van der Waals surface area contributed by atoms with Gasteiger partial charge in [-0.1, -0.05) is 15.9 Å². The van der Waals surface area contributed by atoms with Crippen LogP contribution in [0.4, 0.5) is 0 Å². The van der Waals surface area contributed by atoms with Gasteiger partial charge in [-0.2, -0.15) is 0 Å². The minimum Gasteiger partial charge on any atom is -0.507 e. The van der Waals surface area contributed by atoms with Gasteiger partial charge < -0.3 is 15.3 Å². The highest BCUT2D eigenvalue weighted by molar-refractivity contribution is 9.10. The van der Waals surface area contributed by atoms with Crippen LogP contribution in [0.5, 0.6) is 5.75 Å². The quantitative estimate of drug-likeness (QED) is 0.863. The largest absolute Gasteiger partial charge is 0.507 e. The summed E-state index contributed by atoms with van der Waals surface area (Å²) in [6, 6.07) is 4.82. The number of hydrogen-bond acceptors (Lipinski definition) is 3. The van der Waals surface area contributed by atoms with E-state index < -0.39 is 0 Å². The molecule has 1 aliphatic rings. The predicted octanol–water partition coefficient (Wildman–Crippen LogP) is 1.90. The second-order valence-corrected chi connectivity index (χ2v) is 5.87. The normalized spacial score (nSPS) is 18.7. The van der Waals surface area contributed by atoms with Crippen LogP contribution >= 0.6 is 15.9 Å². The monoisotopic (exact) mass is 340 g/mol. The van der Waals surface area contributed by atoms with Crippen molar-refractivity contribution in [2.75, 3.05) is 13.1 Å². The fraction of sp³-hybridized carbons (Fsp3) is 0.429. The van der Waals surface area contributed by atoms with Gasteiger partial charge in [0.05, 0.1) is 5.56 Å². The molecule has 0 saturated carbocycles. The average molecular weight is 341 g/mol. The fourth-order valence-electron chi connectivity index (χ4n) is 2.42. The minimum atomic E-state index is -0.204. The van der Waals surface area contributed by atoms with Crippen LogP contribution in [-0.4, -0.2) is 41.0 Å². The summed E-state index contributed by atoms with van der Waals surface area (Å²) < 4.78 is 0.723. The lowest BCUT2D eigenvalue weighted by Gasteiger charge is -2.33. The highest BCUT2D eigenvalue weighted by Crippen LogP contribution is 2.24. The number of amides is 2. The maximum Gasteiger partial charge on any atom is 0.257 e. The molecule has 5 nitrogen and oxygen atoms in total. The second kappa shape index (κ2) is 6.26. The van der Waals surface area contributed by atoms with Crippen LogP contribution in [0, 0.1) is 0 Å². The van der Waals surface area contributed by atoms with Crippen molar-refractivity contribution in [3.05, 3.63) is 28.2 Å². The first kappa shape index (κ1) is 14.8. The fourth-order valence-corrected chi connectivity index (χ4v) is 2.77. The van der Waals surface area contributed by atoms with Gasteiger partial charge in [-0.25, -0.2) is 0 Å². The van der Waals surface area contributed by atoms with Gasteiger partial charge >= 0.3 is 0 Å². The molecule has 1 heterocycles. The summed E-state index contributed by atoms with van der Waals surface area (Å²) in [5, 5.41) is 12.7. The van der Waals surface area contributed by atoms with Crippen LogP contribution in [0.25, 0.3) is 0 Å². The number of piperidine rings is 1.